The Morgan fingerprint density at radius 2 is 1.74 bits per heavy atom. The first-order chi connectivity index (χ1) is 17.6. The molecular formula is C24H33N3O4. The number of nitrogens with one attached hydrogen (secondary N) is 1. The molecule has 0 radical (unpaired) electrons. The van der Waals surface area contributed by atoms with Crippen LogP contribution in [0, 0.1) is 13.8 Å². The van der Waals surface area contributed by atoms with Crippen LogP contribution in [0.15, 0.2) is 42.5 Å². The third-order valence-electron chi connectivity index (χ3n) is 5.05. The van der Waals surface area contributed by atoms with Crippen LogP contribution in [0.3, 0.4) is 0 Å². The number of benzene rings is 2. The molecule has 1 aliphatic heterocycles. The molecule has 3 rings (SSSR count). The molecule has 7 heteroatoms. The second-order valence-electron chi connectivity index (χ2n) is 7.40. The lowest BCUT2D eigenvalue weighted by atomic mass is 10.1. The number of carbonyl (C=O) groups is 1. The molecule has 1 heterocycles. The molecule has 1 amide bonds. The standard InChI is InChI=1S/C24H33N3O4/c1-18-7-6-8-19(2)24(18)25-23(29)16-27-13-11-26(12-14-27)15-20(28)17-31-22-10-5-4-9-21(22)30-3/h4-10,20,28H,11-17H2,1-3H3,(H,25,29)/i3D3,16D2,17D2. The summed E-state index contributed by atoms with van der Waals surface area (Å²) in [6, 6.07) is 11.2. The summed E-state index contributed by atoms with van der Waals surface area (Å²) in [5.74, 6) is -1.12. The molecule has 0 bridgehead atoms. The summed E-state index contributed by atoms with van der Waals surface area (Å²) in [4.78, 5) is 16.0. The molecule has 0 saturated carbocycles. The van der Waals surface area contributed by atoms with Crippen LogP contribution in [0.2, 0.25) is 0 Å². The Morgan fingerprint density at radius 3 is 2.42 bits per heavy atom. The number of aliphatic hydroxyl groups is 1. The average molecular weight is 435 g/mol. The molecular weight excluding hydrogens is 394 g/mol. The van der Waals surface area contributed by atoms with E-state index in [-0.39, 0.29) is 44.2 Å². The van der Waals surface area contributed by atoms with Crippen molar-refractivity contribution in [3.05, 3.63) is 53.6 Å². The van der Waals surface area contributed by atoms with Gasteiger partial charge in [0.2, 0.25) is 5.91 Å². The zero-order chi connectivity index (χ0) is 28.3. The molecule has 2 N–H and O–H groups in total. The van der Waals surface area contributed by atoms with Crippen molar-refractivity contribution in [2.75, 3.05) is 58.1 Å². The zero-order valence-corrected chi connectivity index (χ0v) is 17.7. The van der Waals surface area contributed by atoms with E-state index in [0.717, 1.165) is 11.1 Å². The van der Waals surface area contributed by atoms with Gasteiger partial charge >= 0.3 is 0 Å². The highest BCUT2D eigenvalue weighted by molar-refractivity contribution is 5.93. The Kier molecular flexibility index (Phi) is 5.47. The molecule has 1 atom stereocenters. The number of nitrogens with zero attached hydrogens (tertiary/aromatic N) is 2. The molecule has 2 aromatic rings. The Balaban J connectivity index is 1.57. The fourth-order valence-electron chi connectivity index (χ4n) is 3.37. The number of anilines is 1. The van der Waals surface area contributed by atoms with E-state index < -0.39 is 32.1 Å². The fourth-order valence-corrected chi connectivity index (χ4v) is 3.37. The minimum absolute atomic E-state index is 0.124. The Morgan fingerprint density at radius 1 is 1.10 bits per heavy atom. The molecule has 31 heavy (non-hydrogen) atoms. The second kappa shape index (κ2) is 11.1. The van der Waals surface area contributed by atoms with Crippen molar-refractivity contribution in [2.45, 2.75) is 20.0 Å². The van der Waals surface area contributed by atoms with E-state index in [1.165, 1.54) is 29.2 Å². The molecule has 1 saturated heterocycles. The van der Waals surface area contributed by atoms with E-state index in [1.54, 1.807) is 4.90 Å². The van der Waals surface area contributed by atoms with Crippen molar-refractivity contribution in [1.82, 2.24) is 9.80 Å². The number of aryl methyl sites for hydroxylation is 2. The van der Waals surface area contributed by atoms with Gasteiger partial charge in [-0.25, -0.2) is 0 Å². The second-order valence-corrected chi connectivity index (χ2v) is 7.40. The van der Waals surface area contributed by atoms with Crippen molar-refractivity contribution in [2.24, 2.45) is 0 Å². The van der Waals surface area contributed by atoms with Crippen LogP contribution in [0.4, 0.5) is 5.69 Å². The predicted molar refractivity (Wildman–Crippen MR) is 122 cm³/mol. The smallest absolute Gasteiger partial charge is 0.238 e. The number of methoxy groups -OCH3 is 1. The maximum Gasteiger partial charge on any atom is 0.238 e. The largest absolute Gasteiger partial charge is 0.493 e. The molecule has 0 spiro atoms. The summed E-state index contributed by atoms with van der Waals surface area (Å²) in [5.41, 5.74) is 2.24. The molecule has 2 aromatic carbocycles. The van der Waals surface area contributed by atoms with Crippen LogP contribution >= 0.6 is 0 Å². The molecule has 0 aromatic heterocycles. The first kappa shape index (κ1) is 15.2. The highest BCUT2D eigenvalue weighted by Crippen LogP contribution is 2.25. The minimum atomic E-state index is -2.76. The average Bonchev–Trinajstić information content (AvgIpc) is 2.82. The van der Waals surface area contributed by atoms with E-state index in [9.17, 15) is 9.90 Å². The summed E-state index contributed by atoms with van der Waals surface area (Å²) in [7, 11) is -2.76. The number of hydrogen-bond acceptors (Lipinski definition) is 6. The van der Waals surface area contributed by atoms with Crippen LogP contribution in [0.5, 0.6) is 11.5 Å². The van der Waals surface area contributed by atoms with Crippen LogP contribution < -0.4 is 14.8 Å². The lowest BCUT2D eigenvalue weighted by Crippen LogP contribution is -2.50. The van der Waals surface area contributed by atoms with Crippen LogP contribution in [0.25, 0.3) is 0 Å². The van der Waals surface area contributed by atoms with Gasteiger partial charge in [0.05, 0.1) is 23.1 Å². The third-order valence-corrected chi connectivity index (χ3v) is 5.05. The van der Waals surface area contributed by atoms with Crippen LogP contribution in [0.1, 0.15) is 20.7 Å². The number of hydrogen-bond donors (Lipinski definition) is 2. The maximum atomic E-state index is 12.8. The normalized spacial score (nSPS) is 20.7. The lowest BCUT2D eigenvalue weighted by Gasteiger charge is -2.35. The van der Waals surface area contributed by atoms with Gasteiger partial charge < -0.3 is 19.9 Å². The highest BCUT2D eigenvalue weighted by atomic mass is 16.5. The monoisotopic (exact) mass is 434 g/mol. The van der Waals surface area contributed by atoms with E-state index >= 15 is 0 Å². The topological polar surface area (TPSA) is 74.3 Å². The summed E-state index contributed by atoms with van der Waals surface area (Å²) in [6.07, 6.45) is -1.61. The van der Waals surface area contributed by atoms with E-state index in [2.05, 4.69) is 5.32 Å². The number of aliphatic hydroxyl groups excluding tert-OH is 1. The summed E-state index contributed by atoms with van der Waals surface area (Å²) in [5, 5.41) is 13.3. The van der Waals surface area contributed by atoms with Crippen molar-refractivity contribution >= 4 is 11.6 Å². The molecule has 0 aliphatic carbocycles. The molecule has 1 aliphatic rings. The van der Waals surface area contributed by atoms with Crippen molar-refractivity contribution < 1.29 is 29.0 Å². The van der Waals surface area contributed by atoms with Crippen molar-refractivity contribution in [3.8, 4) is 11.5 Å². The molecule has 1 unspecified atom stereocenters. The zero-order valence-electron chi connectivity index (χ0n) is 24.7. The van der Waals surface area contributed by atoms with Gasteiger partial charge in [-0.15, -0.1) is 0 Å². The van der Waals surface area contributed by atoms with Crippen LogP contribution in [-0.2, 0) is 4.79 Å². The Hall–Kier alpha value is -2.61. The fraction of sp³-hybridized carbons (Fsp3) is 0.458. The Labute approximate surface area is 194 Å². The van der Waals surface area contributed by atoms with Crippen molar-refractivity contribution in [3.63, 3.8) is 0 Å². The van der Waals surface area contributed by atoms with Gasteiger partial charge in [0, 0.05) is 38.4 Å². The van der Waals surface area contributed by atoms with Gasteiger partial charge in [0.25, 0.3) is 0 Å². The first-order valence-corrected chi connectivity index (χ1v) is 10.1. The number of para-hydroxylation sites is 3. The van der Waals surface area contributed by atoms with Crippen molar-refractivity contribution in [1.29, 1.82) is 0 Å². The molecule has 1 fully saturated rings. The summed E-state index contributed by atoms with van der Waals surface area (Å²) in [6.45, 7) is -0.384. The van der Waals surface area contributed by atoms with Crippen LogP contribution in [-0.4, -0.2) is 79.7 Å². The summed E-state index contributed by atoms with van der Waals surface area (Å²) >= 11 is 0. The highest BCUT2D eigenvalue weighted by Gasteiger charge is 2.21. The predicted octanol–water partition coefficient (Wildman–Crippen LogP) is 2.31. The van der Waals surface area contributed by atoms with E-state index in [1.807, 2.05) is 32.0 Å². The lowest BCUT2D eigenvalue weighted by molar-refractivity contribution is -0.117. The molecule has 7 nitrogen and oxygen atoms in total. The van der Waals surface area contributed by atoms with Gasteiger partial charge in [-0.05, 0) is 37.1 Å². The van der Waals surface area contributed by atoms with E-state index in [0.29, 0.717) is 5.69 Å². The number of rotatable bonds is 9. The Bertz CT molecular complexity index is 1100. The number of piperazine rings is 1. The SMILES string of the molecule is [2H]C([2H])([2H])Oc1ccccc1OC([2H])([2H])C(O)CN1CCN(C([2H])([2H])C(=O)Nc2c(C)cccc2C)CC1. The number of ether oxygens (including phenoxy) is 2. The van der Waals surface area contributed by atoms with Gasteiger partial charge in [0.1, 0.15) is 12.7 Å². The third kappa shape index (κ3) is 6.69. The number of amides is 1. The van der Waals surface area contributed by atoms with Gasteiger partial charge in [-0.1, -0.05) is 30.3 Å². The quantitative estimate of drug-likeness (QED) is 0.631. The summed E-state index contributed by atoms with van der Waals surface area (Å²) < 4.78 is 65.2. The van der Waals surface area contributed by atoms with Gasteiger partial charge in [-0.2, -0.15) is 0 Å². The van der Waals surface area contributed by atoms with Gasteiger partial charge in [0.15, 0.2) is 11.5 Å². The maximum absolute atomic E-state index is 12.8. The number of carbonyl (C=O) groups excluding carboxylic acids is 1. The number of β-amino-alcohol motifs (C(OH)–C–C–N with tert-alkyl or cyclic N) is 1. The van der Waals surface area contributed by atoms with E-state index in [4.69, 9.17) is 19.1 Å². The first-order valence-electron chi connectivity index (χ1n) is 13.6. The van der Waals surface area contributed by atoms with Gasteiger partial charge in [-0.3, -0.25) is 14.6 Å². The molecule has 168 valence electrons. The minimum Gasteiger partial charge on any atom is -0.493 e.